The number of aryl methyl sites for hydroxylation is 2. The van der Waals surface area contributed by atoms with Crippen LogP contribution in [-0.2, 0) is 13.0 Å². The smallest absolute Gasteiger partial charge is 0.254 e. The van der Waals surface area contributed by atoms with Gasteiger partial charge in [-0.25, -0.2) is 4.98 Å². The highest BCUT2D eigenvalue weighted by Gasteiger charge is 2.28. The Hall–Kier alpha value is -2.44. The third-order valence-electron chi connectivity index (χ3n) is 3.91. The molecule has 1 amide bonds. The second-order valence-corrected chi connectivity index (χ2v) is 5.75. The van der Waals surface area contributed by atoms with E-state index in [0.29, 0.717) is 24.1 Å². The van der Waals surface area contributed by atoms with Gasteiger partial charge in [-0.3, -0.25) is 14.3 Å². The maximum Gasteiger partial charge on any atom is 0.254 e. The number of hydrogen-bond donors (Lipinski definition) is 2. The summed E-state index contributed by atoms with van der Waals surface area (Å²) in [4.78, 5) is 31.8. The lowest BCUT2D eigenvalue weighted by Crippen LogP contribution is -2.36. The van der Waals surface area contributed by atoms with Gasteiger partial charge in [0.05, 0.1) is 17.7 Å². The molecule has 0 saturated heterocycles. The molecule has 1 atom stereocenters. The second-order valence-electron chi connectivity index (χ2n) is 5.75. The van der Waals surface area contributed by atoms with Gasteiger partial charge >= 0.3 is 0 Å². The summed E-state index contributed by atoms with van der Waals surface area (Å²) in [6.07, 6.45) is 5.24. The van der Waals surface area contributed by atoms with E-state index in [9.17, 15) is 9.59 Å². The molecule has 2 N–H and O–H groups in total. The first-order valence-corrected chi connectivity index (χ1v) is 7.44. The molecule has 2 aromatic heterocycles. The molecule has 2 aromatic rings. The Kier molecular flexibility index (Phi) is 3.79. The topological polar surface area (TPSA) is 92.7 Å². The molecule has 7 heteroatoms. The van der Waals surface area contributed by atoms with E-state index in [1.165, 1.54) is 6.33 Å². The van der Waals surface area contributed by atoms with E-state index in [1.807, 2.05) is 13.8 Å². The fourth-order valence-electron chi connectivity index (χ4n) is 2.97. The summed E-state index contributed by atoms with van der Waals surface area (Å²) in [5.74, 6) is -0.155. The molecule has 1 aliphatic rings. The molecule has 1 unspecified atom stereocenters. The molecule has 2 heterocycles. The summed E-state index contributed by atoms with van der Waals surface area (Å²) in [5.41, 5.74) is 2.72. The quantitative estimate of drug-likeness (QED) is 0.889. The molecule has 0 aliphatic heterocycles. The van der Waals surface area contributed by atoms with Gasteiger partial charge < -0.3 is 10.3 Å². The van der Waals surface area contributed by atoms with Crippen LogP contribution >= 0.6 is 0 Å². The highest BCUT2D eigenvalue weighted by atomic mass is 16.2. The van der Waals surface area contributed by atoms with Gasteiger partial charge in [0.25, 0.3) is 5.91 Å². The van der Waals surface area contributed by atoms with Crippen LogP contribution in [0.2, 0.25) is 0 Å². The Bertz CT molecular complexity index is 702. The van der Waals surface area contributed by atoms with Crippen molar-refractivity contribution in [2.45, 2.75) is 45.7 Å². The van der Waals surface area contributed by atoms with Crippen LogP contribution in [0.15, 0.2) is 12.7 Å². The van der Waals surface area contributed by atoms with E-state index in [4.69, 9.17) is 0 Å². The van der Waals surface area contributed by atoms with Crippen molar-refractivity contribution in [1.29, 1.82) is 0 Å². The molecular weight excluding hydrogens is 282 g/mol. The lowest BCUT2D eigenvalue weighted by molar-refractivity contribution is 0.0915. The molecule has 116 valence electrons. The standard InChI is InChI=1S/C15H19N5O2/c1-9(6-20-8-16-7-17-20)18-15(22)13-10(2)19-11-4-3-5-12(21)14(11)13/h7-9,19H,3-6H2,1-2H3,(H,18,22). The van der Waals surface area contributed by atoms with Crippen molar-refractivity contribution in [3.05, 3.63) is 35.2 Å². The van der Waals surface area contributed by atoms with E-state index in [1.54, 1.807) is 11.0 Å². The minimum absolute atomic E-state index is 0.0553. The van der Waals surface area contributed by atoms with Gasteiger partial charge in [0.1, 0.15) is 12.7 Å². The summed E-state index contributed by atoms with van der Waals surface area (Å²) in [7, 11) is 0. The van der Waals surface area contributed by atoms with Crippen LogP contribution in [0.3, 0.4) is 0 Å². The van der Waals surface area contributed by atoms with Gasteiger partial charge in [0, 0.05) is 23.9 Å². The summed E-state index contributed by atoms with van der Waals surface area (Å²) in [6, 6.07) is -0.113. The predicted octanol–water partition coefficient (Wildman–Crippen LogP) is 1.25. The summed E-state index contributed by atoms with van der Waals surface area (Å²) in [6.45, 7) is 4.27. The Labute approximate surface area is 128 Å². The molecule has 0 bridgehead atoms. The SMILES string of the molecule is Cc1[nH]c2c(c1C(=O)NC(C)Cn1cncn1)C(=O)CCC2. The van der Waals surface area contributed by atoms with Crippen LogP contribution in [-0.4, -0.2) is 37.5 Å². The fourth-order valence-corrected chi connectivity index (χ4v) is 2.97. The zero-order valence-electron chi connectivity index (χ0n) is 12.7. The monoisotopic (exact) mass is 301 g/mol. The van der Waals surface area contributed by atoms with Gasteiger partial charge in [-0.1, -0.05) is 0 Å². The first kappa shape index (κ1) is 14.5. The first-order chi connectivity index (χ1) is 10.6. The normalized spacial score (nSPS) is 15.5. The van der Waals surface area contributed by atoms with Gasteiger partial charge in [-0.15, -0.1) is 0 Å². The van der Waals surface area contributed by atoms with Crippen LogP contribution in [0.25, 0.3) is 0 Å². The van der Waals surface area contributed by atoms with Crippen molar-refractivity contribution in [2.75, 3.05) is 0 Å². The van der Waals surface area contributed by atoms with Crippen molar-refractivity contribution in [2.24, 2.45) is 0 Å². The summed E-state index contributed by atoms with van der Waals surface area (Å²) in [5, 5.41) is 6.95. The Morgan fingerprint density at radius 2 is 2.32 bits per heavy atom. The van der Waals surface area contributed by atoms with Crippen LogP contribution < -0.4 is 5.32 Å². The van der Waals surface area contributed by atoms with E-state index in [2.05, 4.69) is 20.4 Å². The lowest BCUT2D eigenvalue weighted by Gasteiger charge is -2.15. The van der Waals surface area contributed by atoms with Gasteiger partial charge in [-0.05, 0) is 26.7 Å². The zero-order valence-corrected chi connectivity index (χ0v) is 12.7. The molecule has 0 radical (unpaired) electrons. The van der Waals surface area contributed by atoms with E-state index >= 15 is 0 Å². The number of carbonyl (C=O) groups is 2. The van der Waals surface area contributed by atoms with E-state index in [-0.39, 0.29) is 17.7 Å². The molecule has 22 heavy (non-hydrogen) atoms. The fraction of sp³-hybridized carbons (Fsp3) is 0.467. The summed E-state index contributed by atoms with van der Waals surface area (Å²) < 4.78 is 1.66. The molecule has 3 rings (SSSR count). The number of nitrogens with zero attached hydrogens (tertiary/aromatic N) is 3. The number of H-pyrrole nitrogens is 1. The molecule has 0 saturated carbocycles. The van der Waals surface area contributed by atoms with Crippen LogP contribution in [0.5, 0.6) is 0 Å². The predicted molar refractivity (Wildman–Crippen MR) is 79.7 cm³/mol. The number of amides is 1. The van der Waals surface area contributed by atoms with Gasteiger partial charge in [0.2, 0.25) is 0 Å². The number of aromatic nitrogens is 4. The number of Topliss-reactive ketones (excluding diaryl/α,β-unsaturated/α-hetero) is 1. The number of rotatable bonds is 4. The van der Waals surface area contributed by atoms with Gasteiger partial charge in [0.15, 0.2) is 5.78 Å². The minimum Gasteiger partial charge on any atom is -0.361 e. The zero-order chi connectivity index (χ0) is 15.7. The first-order valence-electron chi connectivity index (χ1n) is 7.44. The molecule has 1 aliphatic carbocycles. The number of hydrogen-bond acceptors (Lipinski definition) is 4. The summed E-state index contributed by atoms with van der Waals surface area (Å²) >= 11 is 0. The Morgan fingerprint density at radius 1 is 1.50 bits per heavy atom. The number of ketones is 1. The molecule has 0 fully saturated rings. The maximum absolute atomic E-state index is 12.6. The largest absolute Gasteiger partial charge is 0.361 e. The van der Waals surface area contributed by atoms with Gasteiger partial charge in [-0.2, -0.15) is 5.10 Å². The Morgan fingerprint density at radius 3 is 3.05 bits per heavy atom. The van der Waals surface area contributed by atoms with Crippen LogP contribution in [0, 0.1) is 6.92 Å². The lowest BCUT2D eigenvalue weighted by atomic mass is 9.93. The highest BCUT2D eigenvalue weighted by molar-refractivity contribution is 6.10. The van der Waals surface area contributed by atoms with Crippen LogP contribution in [0.1, 0.15) is 51.9 Å². The molecule has 0 aromatic carbocycles. The van der Waals surface area contributed by atoms with Crippen molar-refractivity contribution in [3.63, 3.8) is 0 Å². The van der Waals surface area contributed by atoms with Crippen molar-refractivity contribution in [3.8, 4) is 0 Å². The van der Waals surface area contributed by atoms with E-state index < -0.39 is 0 Å². The third-order valence-corrected chi connectivity index (χ3v) is 3.91. The van der Waals surface area contributed by atoms with Crippen LogP contribution in [0.4, 0.5) is 0 Å². The second kappa shape index (κ2) is 5.75. The highest BCUT2D eigenvalue weighted by Crippen LogP contribution is 2.26. The minimum atomic E-state index is -0.210. The average molecular weight is 301 g/mol. The molecular formula is C15H19N5O2. The van der Waals surface area contributed by atoms with Crippen molar-refractivity contribution in [1.82, 2.24) is 25.1 Å². The maximum atomic E-state index is 12.6. The number of fused-ring (bicyclic) bond motifs is 1. The Balaban J connectivity index is 1.78. The molecule has 7 nitrogen and oxygen atoms in total. The van der Waals surface area contributed by atoms with Crippen molar-refractivity contribution < 1.29 is 9.59 Å². The average Bonchev–Trinajstić information content (AvgIpc) is 3.05. The van der Waals surface area contributed by atoms with Crippen molar-refractivity contribution >= 4 is 11.7 Å². The molecule has 0 spiro atoms. The number of carbonyl (C=O) groups excluding carboxylic acids is 2. The third kappa shape index (κ3) is 2.66. The van der Waals surface area contributed by atoms with E-state index in [0.717, 1.165) is 24.2 Å². The number of aromatic amines is 1. The number of nitrogens with one attached hydrogen (secondary N) is 2.